The average Bonchev–Trinajstić information content (AvgIpc) is 2.41. The average molecular weight is 316 g/mol. The molecule has 0 spiro atoms. The summed E-state index contributed by atoms with van der Waals surface area (Å²) in [5.41, 5.74) is 0. The number of carbonyl (C=O) groups is 1. The molecule has 1 aromatic rings. The van der Waals surface area contributed by atoms with E-state index in [1.807, 2.05) is 11.8 Å². The predicted molar refractivity (Wildman–Crippen MR) is 74.0 cm³/mol. The number of anilines is 1. The first-order valence-corrected chi connectivity index (χ1v) is 6.97. The van der Waals surface area contributed by atoms with E-state index in [4.69, 9.17) is 5.11 Å². The summed E-state index contributed by atoms with van der Waals surface area (Å²) in [6, 6.07) is 0.194. The normalized spacial score (nSPS) is 20.8. The van der Waals surface area contributed by atoms with Gasteiger partial charge in [-0.3, -0.25) is 9.69 Å². The third kappa shape index (κ3) is 4.23. The van der Waals surface area contributed by atoms with Gasteiger partial charge in [0.15, 0.2) is 5.82 Å². The van der Waals surface area contributed by atoms with Crippen molar-refractivity contribution in [2.24, 2.45) is 0 Å². The molecule has 122 valence electrons. The molecule has 0 unspecified atom stereocenters. The van der Waals surface area contributed by atoms with Crippen molar-refractivity contribution >= 4 is 11.8 Å². The lowest BCUT2D eigenvalue weighted by atomic mass is 9.85. The van der Waals surface area contributed by atoms with Crippen LogP contribution in [0.3, 0.4) is 0 Å². The molecule has 0 saturated heterocycles. The number of aromatic nitrogens is 2. The molecule has 0 aliphatic heterocycles. The van der Waals surface area contributed by atoms with Gasteiger partial charge in [0.2, 0.25) is 0 Å². The Hall–Kier alpha value is -2.03. The van der Waals surface area contributed by atoms with Crippen LogP contribution in [0.5, 0.6) is 5.88 Å². The summed E-state index contributed by atoms with van der Waals surface area (Å²) in [4.78, 5) is 20.3. The molecule has 22 heavy (non-hydrogen) atoms. The molecule has 0 amide bonds. The summed E-state index contributed by atoms with van der Waals surface area (Å²) >= 11 is 0. The van der Waals surface area contributed by atoms with Gasteiger partial charge in [0, 0.05) is 24.5 Å². The van der Waals surface area contributed by atoms with Crippen LogP contribution in [0.4, 0.5) is 14.6 Å². The lowest BCUT2D eigenvalue weighted by Gasteiger charge is -2.42. The Balaban J connectivity index is 1.88. The second kappa shape index (κ2) is 7.30. The van der Waals surface area contributed by atoms with Crippen molar-refractivity contribution in [3.63, 3.8) is 0 Å². The van der Waals surface area contributed by atoms with E-state index in [0.29, 0.717) is 19.4 Å². The quantitative estimate of drug-likeness (QED) is 0.750. The molecule has 0 bridgehead atoms. The van der Waals surface area contributed by atoms with Crippen LogP contribution in [-0.2, 0) is 4.79 Å². The fraction of sp³-hybridized carbons (Fsp3) is 0.615. The first-order chi connectivity index (χ1) is 10.5. The number of aliphatic carboxylic acids is 1. The van der Waals surface area contributed by atoms with Crippen LogP contribution >= 0.6 is 0 Å². The molecule has 2 N–H and O–H groups in total. The number of nitrogens with zero attached hydrogens (tertiary/aromatic N) is 3. The van der Waals surface area contributed by atoms with Gasteiger partial charge in [-0.05, 0) is 19.4 Å². The zero-order valence-electron chi connectivity index (χ0n) is 12.1. The minimum Gasteiger partial charge on any atom is -0.480 e. The summed E-state index contributed by atoms with van der Waals surface area (Å²) in [6.45, 7) is -0.411. The van der Waals surface area contributed by atoms with E-state index in [-0.39, 0.29) is 30.3 Å². The van der Waals surface area contributed by atoms with Crippen molar-refractivity contribution in [3.8, 4) is 5.88 Å². The number of rotatable bonds is 8. The summed E-state index contributed by atoms with van der Waals surface area (Å²) in [7, 11) is 0. The van der Waals surface area contributed by atoms with Gasteiger partial charge in [0.25, 0.3) is 5.88 Å². The SMILES string of the molecule is CCN(CC(=O)O)C1CC(Nc2nccnc2OC(F)F)C1. The molecule has 1 aliphatic rings. The van der Waals surface area contributed by atoms with E-state index < -0.39 is 12.6 Å². The van der Waals surface area contributed by atoms with Gasteiger partial charge < -0.3 is 15.2 Å². The van der Waals surface area contributed by atoms with E-state index in [1.54, 1.807) is 0 Å². The zero-order chi connectivity index (χ0) is 16.1. The highest BCUT2D eigenvalue weighted by molar-refractivity contribution is 5.69. The number of ether oxygens (including phenoxy) is 1. The number of alkyl halides is 2. The maximum atomic E-state index is 12.3. The fourth-order valence-electron chi connectivity index (χ4n) is 2.46. The van der Waals surface area contributed by atoms with Crippen LogP contribution in [0.2, 0.25) is 0 Å². The fourth-order valence-corrected chi connectivity index (χ4v) is 2.46. The Labute approximate surface area is 126 Å². The molecule has 1 aromatic heterocycles. The van der Waals surface area contributed by atoms with Gasteiger partial charge in [0.1, 0.15) is 0 Å². The molecule has 1 aliphatic carbocycles. The van der Waals surface area contributed by atoms with E-state index in [2.05, 4.69) is 20.0 Å². The molecule has 9 heteroatoms. The predicted octanol–water partition coefficient (Wildman–Crippen LogP) is 1.43. The topological polar surface area (TPSA) is 87.6 Å². The summed E-state index contributed by atoms with van der Waals surface area (Å²) in [6.07, 6.45) is 4.09. The van der Waals surface area contributed by atoms with Crippen LogP contribution in [-0.4, -0.2) is 57.7 Å². The lowest BCUT2D eigenvalue weighted by molar-refractivity contribution is -0.139. The van der Waals surface area contributed by atoms with Crippen molar-refractivity contribution in [2.75, 3.05) is 18.4 Å². The van der Waals surface area contributed by atoms with Crippen LogP contribution in [0.1, 0.15) is 19.8 Å². The third-order valence-electron chi connectivity index (χ3n) is 3.58. The Kier molecular flexibility index (Phi) is 5.42. The zero-order valence-corrected chi connectivity index (χ0v) is 12.1. The monoisotopic (exact) mass is 316 g/mol. The standard InChI is InChI=1S/C13H18F2N4O3/c1-2-19(7-10(20)21)9-5-8(6-9)18-11-12(22-13(14)15)17-4-3-16-11/h3-4,8-9,13H,2,5-7H2,1H3,(H,16,18)(H,20,21). The van der Waals surface area contributed by atoms with Gasteiger partial charge in [-0.2, -0.15) is 8.78 Å². The molecule has 0 atom stereocenters. The van der Waals surface area contributed by atoms with Crippen molar-refractivity contribution in [1.29, 1.82) is 0 Å². The molecule has 1 heterocycles. The number of hydrogen-bond donors (Lipinski definition) is 2. The highest BCUT2D eigenvalue weighted by Gasteiger charge is 2.34. The molecular formula is C13H18F2N4O3. The van der Waals surface area contributed by atoms with Gasteiger partial charge in [0.05, 0.1) is 6.54 Å². The Bertz CT molecular complexity index is 512. The third-order valence-corrected chi connectivity index (χ3v) is 3.58. The minimum absolute atomic E-state index is 0.00122. The highest BCUT2D eigenvalue weighted by Crippen LogP contribution is 2.30. The molecular weight excluding hydrogens is 298 g/mol. The summed E-state index contributed by atoms with van der Waals surface area (Å²) in [5, 5.41) is 11.9. The highest BCUT2D eigenvalue weighted by atomic mass is 19.3. The van der Waals surface area contributed by atoms with Gasteiger partial charge in [-0.1, -0.05) is 6.92 Å². The maximum absolute atomic E-state index is 12.3. The number of carboxylic acid groups (broad SMARTS) is 1. The van der Waals surface area contributed by atoms with Crippen molar-refractivity contribution < 1.29 is 23.4 Å². The van der Waals surface area contributed by atoms with Crippen molar-refractivity contribution in [2.45, 2.75) is 38.5 Å². The molecule has 1 fully saturated rings. The number of carboxylic acids is 1. The first-order valence-electron chi connectivity index (χ1n) is 6.97. The van der Waals surface area contributed by atoms with Crippen LogP contribution < -0.4 is 10.1 Å². The lowest BCUT2D eigenvalue weighted by Crippen LogP contribution is -2.51. The Morgan fingerprint density at radius 2 is 2.18 bits per heavy atom. The van der Waals surface area contributed by atoms with Crippen LogP contribution in [0.15, 0.2) is 12.4 Å². The molecule has 1 saturated carbocycles. The number of hydrogen-bond acceptors (Lipinski definition) is 6. The van der Waals surface area contributed by atoms with Crippen LogP contribution in [0.25, 0.3) is 0 Å². The second-order valence-corrected chi connectivity index (χ2v) is 5.01. The largest absolute Gasteiger partial charge is 0.480 e. The smallest absolute Gasteiger partial charge is 0.388 e. The Morgan fingerprint density at radius 1 is 1.50 bits per heavy atom. The number of nitrogens with one attached hydrogen (secondary N) is 1. The van der Waals surface area contributed by atoms with Crippen molar-refractivity contribution in [1.82, 2.24) is 14.9 Å². The first kappa shape index (κ1) is 16.3. The number of halogens is 2. The van der Waals surface area contributed by atoms with E-state index >= 15 is 0 Å². The van der Waals surface area contributed by atoms with Crippen LogP contribution in [0, 0.1) is 0 Å². The van der Waals surface area contributed by atoms with E-state index in [9.17, 15) is 13.6 Å². The van der Waals surface area contributed by atoms with Gasteiger partial charge in [-0.25, -0.2) is 9.97 Å². The maximum Gasteiger partial charge on any atom is 0.388 e. The van der Waals surface area contributed by atoms with Gasteiger partial charge >= 0.3 is 12.6 Å². The van der Waals surface area contributed by atoms with E-state index in [1.165, 1.54) is 12.4 Å². The van der Waals surface area contributed by atoms with Crippen molar-refractivity contribution in [3.05, 3.63) is 12.4 Å². The van der Waals surface area contributed by atoms with Gasteiger partial charge in [-0.15, -0.1) is 0 Å². The molecule has 7 nitrogen and oxygen atoms in total. The summed E-state index contributed by atoms with van der Waals surface area (Å²) < 4.78 is 28.9. The Morgan fingerprint density at radius 3 is 2.77 bits per heavy atom. The van der Waals surface area contributed by atoms with E-state index in [0.717, 1.165) is 0 Å². The molecule has 2 rings (SSSR count). The second-order valence-electron chi connectivity index (χ2n) is 5.01. The number of likely N-dealkylation sites (N-methyl/N-ethyl adjacent to an activating group) is 1. The summed E-state index contributed by atoms with van der Waals surface area (Å²) in [5.74, 6) is -0.925. The molecule has 0 aromatic carbocycles. The molecule has 0 radical (unpaired) electrons. The minimum atomic E-state index is -2.96.